The SMILES string of the molecule is O=C(O)Cc1c(F)cncc1-c1ccccc1. The van der Waals surface area contributed by atoms with Crippen molar-refractivity contribution in [1.29, 1.82) is 0 Å². The lowest BCUT2D eigenvalue weighted by Gasteiger charge is -2.08. The second-order valence-corrected chi connectivity index (χ2v) is 3.58. The molecule has 1 N–H and O–H groups in total. The maximum absolute atomic E-state index is 13.6. The predicted molar refractivity (Wildman–Crippen MR) is 61.0 cm³/mol. The zero-order valence-electron chi connectivity index (χ0n) is 8.93. The molecule has 4 heteroatoms. The van der Waals surface area contributed by atoms with E-state index in [-0.39, 0.29) is 12.0 Å². The molecule has 3 nitrogen and oxygen atoms in total. The lowest BCUT2D eigenvalue weighted by molar-refractivity contribution is -0.136. The fourth-order valence-electron chi connectivity index (χ4n) is 1.66. The molecule has 0 radical (unpaired) electrons. The van der Waals surface area contributed by atoms with Gasteiger partial charge in [-0.25, -0.2) is 4.39 Å². The van der Waals surface area contributed by atoms with Gasteiger partial charge in [-0.3, -0.25) is 9.78 Å². The van der Waals surface area contributed by atoms with Crippen LogP contribution in [0.1, 0.15) is 5.56 Å². The smallest absolute Gasteiger partial charge is 0.307 e. The molecule has 0 bridgehead atoms. The summed E-state index contributed by atoms with van der Waals surface area (Å²) in [7, 11) is 0. The first-order chi connectivity index (χ1) is 8.18. The Morgan fingerprint density at radius 1 is 1.24 bits per heavy atom. The quantitative estimate of drug-likeness (QED) is 0.883. The number of hydrogen-bond acceptors (Lipinski definition) is 2. The van der Waals surface area contributed by atoms with E-state index in [0.29, 0.717) is 5.56 Å². The van der Waals surface area contributed by atoms with Gasteiger partial charge in [-0.1, -0.05) is 30.3 Å². The maximum Gasteiger partial charge on any atom is 0.307 e. The fraction of sp³-hybridized carbons (Fsp3) is 0.0769. The van der Waals surface area contributed by atoms with Gasteiger partial charge in [0.15, 0.2) is 0 Å². The lowest BCUT2D eigenvalue weighted by Crippen LogP contribution is -2.05. The van der Waals surface area contributed by atoms with Crippen LogP contribution in [0.2, 0.25) is 0 Å². The summed E-state index contributed by atoms with van der Waals surface area (Å²) in [4.78, 5) is 14.5. The van der Waals surface area contributed by atoms with Crippen LogP contribution >= 0.6 is 0 Å². The molecule has 0 spiro atoms. The van der Waals surface area contributed by atoms with Crippen molar-refractivity contribution in [1.82, 2.24) is 4.98 Å². The minimum Gasteiger partial charge on any atom is -0.481 e. The van der Waals surface area contributed by atoms with Gasteiger partial charge in [0.25, 0.3) is 0 Å². The molecular weight excluding hydrogens is 221 g/mol. The maximum atomic E-state index is 13.6. The van der Waals surface area contributed by atoms with E-state index in [4.69, 9.17) is 5.11 Å². The minimum absolute atomic E-state index is 0.165. The van der Waals surface area contributed by atoms with Gasteiger partial charge in [0.05, 0.1) is 12.6 Å². The third-order valence-electron chi connectivity index (χ3n) is 2.42. The highest BCUT2D eigenvalue weighted by Gasteiger charge is 2.13. The van der Waals surface area contributed by atoms with Crippen molar-refractivity contribution in [3.63, 3.8) is 0 Å². The van der Waals surface area contributed by atoms with Gasteiger partial charge in [0, 0.05) is 17.3 Å². The Hall–Kier alpha value is -2.23. The molecule has 0 atom stereocenters. The highest BCUT2D eigenvalue weighted by atomic mass is 19.1. The van der Waals surface area contributed by atoms with Gasteiger partial charge in [0.2, 0.25) is 0 Å². The van der Waals surface area contributed by atoms with Crippen LogP contribution in [0.5, 0.6) is 0 Å². The Morgan fingerprint density at radius 3 is 2.59 bits per heavy atom. The number of benzene rings is 1. The third kappa shape index (κ3) is 2.47. The van der Waals surface area contributed by atoms with Crippen LogP contribution in [0.4, 0.5) is 4.39 Å². The number of aromatic nitrogens is 1. The standard InChI is InChI=1S/C13H10FNO2/c14-12-8-15-7-11(10(12)6-13(16)17)9-4-2-1-3-5-9/h1-5,7-8H,6H2,(H,16,17). The molecule has 0 aliphatic carbocycles. The van der Waals surface area contributed by atoms with Crippen LogP contribution in [-0.2, 0) is 11.2 Å². The number of carbonyl (C=O) groups is 1. The summed E-state index contributed by atoms with van der Waals surface area (Å²) in [5.74, 6) is -1.65. The molecule has 2 aromatic rings. The number of aliphatic carboxylic acids is 1. The summed E-state index contributed by atoms with van der Waals surface area (Å²) in [5.41, 5.74) is 1.45. The highest BCUT2D eigenvalue weighted by Crippen LogP contribution is 2.24. The fourth-order valence-corrected chi connectivity index (χ4v) is 1.66. The second kappa shape index (κ2) is 4.74. The molecular formula is C13H10FNO2. The van der Waals surface area contributed by atoms with E-state index < -0.39 is 11.8 Å². The molecule has 1 aromatic heterocycles. The average molecular weight is 231 g/mol. The number of carboxylic acids is 1. The van der Waals surface area contributed by atoms with E-state index in [1.165, 1.54) is 6.20 Å². The molecule has 0 aliphatic heterocycles. The van der Waals surface area contributed by atoms with Crippen molar-refractivity contribution in [2.24, 2.45) is 0 Å². The summed E-state index contributed by atoms with van der Waals surface area (Å²) in [5, 5.41) is 8.78. The van der Waals surface area contributed by atoms with E-state index in [0.717, 1.165) is 11.8 Å². The Labute approximate surface area is 97.6 Å². The van der Waals surface area contributed by atoms with Crippen molar-refractivity contribution in [3.05, 3.63) is 54.1 Å². The average Bonchev–Trinajstić information content (AvgIpc) is 2.32. The number of pyridine rings is 1. The van der Waals surface area contributed by atoms with Crippen LogP contribution in [0, 0.1) is 5.82 Å². The summed E-state index contributed by atoms with van der Waals surface area (Å²) in [6.07, 6.45) is 2.17. The Balaban J connectivity index is 2.54. The van der Waals surface area contributed by atoms with E-state index in [1.54, 1.807) is 12.1 Å². The molecule has 0 saturated heterocycles. The Kier molecular flexibility index (Phi) is 3.14. The summed E-state index contributed by atoms with van der Waals surface area (Å²) >= 11 is 0. The first kappa shape index (κ1) is 11.3. The molecule has 2 rings (SSSR count). The van der Waals surface area contributed by atoms with Gasteiger partial charge >= 0.3 is 5.97 Å². The van der Waals surface area contributed by atoms with Crippen molar-refractivity contribution >= 4 is 5.97 Å². The number of halogens is 1. The van der Waals surface area contributed by atoms with Gasteiger partial charge < -0.3 is 5.11 Å². The van der Waals surface area contributed by atoms with Crippen LogP contribution in [0.15, 0.2) is 42.7 Å². The lowest BCUT2D eigenvalue weighted by atomic mass is 10.00. The number of rotatable bonds is 3. The third-order valence-corrected chi connectivity index (χ3v) is 2.42. The normalized spacial score (nSPS) is 10.2. The zero-order chi connectivity index (χ0) is 12.3. The molecule has 0 fully saturated rings. The monoisotopic (exact) mass is 231 g/mol. The summed E-state index contributed by atoms with van der Waals surface area (Å²) < 4.78 is 13.6. The first-order valence-electron chi connectivity index (χ1n) is 5.08. The molecule has 1 heterocycles. The van der Waals surface area contributed by atoms with E-state index in [1.807, 2.05) is 18.2 Å². The Bertz CT molecular complexity index is 540. The van der Waals surface area contributed by atoms with Crippen LogP contribution in [-0.4, -0.2) is 16.1 Å². The summed E-state index contributed by atoms with van der Waals surface area (Å²) in [6, 6.07) is 9.05. The van der Waals surface area contributed by atoms with E-state index >= 15 is 0 Å². The largest absolute Gasteiger partial charge is 0.481 e. The second-order valence-electron chi connectivity index (χ2n) is 3.58. The molecule has 86 valence electrons. The minimum atomic E-state index is -1.06. The molecule has 17 heavy (non-hydrogen) atoms. The van der Waals surface area contributed by atoms with E-state index in [2.05, 4.69) is 4.98 Å². The van der Waals surface area contributed by atoms with Gasteiger partial charge in [-0.15, -0.1) is 0 Å². The predicted octanol–water partition coefficient (Wildman–Crippen LogP) is 2.51. The number of nitrogens with zero attached hydrogens (tertiary/aromatic N) is 1. The van der Waals surface area contributed by atoms with Crippen molar-refractivity contribution < 1.29 is 14.3 Å². The molecule has 0 saturated carbocycles. The van der Waals surface area contributed by atoms with E-state index in [9.17, 15) is 9.18 Å². The number of hydrogen-bond donors (Lipinski definition) is 1. The van der Waals surface area contributed by atoms with Gasteiger partial charge in [-0.2, -0.15) is 0 Å². The highest BCUT2D eigenvalue weighted by molar-refractivity contribution is 5.76. The van der Waals surface area contributed by atoms with Crippen LogP contribution in [0.3, 0.4) is 0 Å². The van der Waals surface area contributed by atoms with Crippen LogP contribution < -0.4 is 0 Å². The Morgan fingerprint density at radius 2 is 1.94 bits per heavy atom. The summed E-state index contributed by atoms with van der Waals surface area (Å²) in [6.45, 7) is 0. The van der Waals surface area contributed by atoms with Crippen molar-refractivity contribution in [3.8, 4) is 11.1 Å². The van der Waals surface area contributed by atoms with Crippen molar-refractivity contribution in [2.45, 2.75) is 6.42 Å². The molecule has 1 aromatic carbocycles. The van der Waals surface area contributed by atoms with Gasteiger partial charge in [0.1, 0.15) is 5.82 Å². The topological polar surface area (TPSA) is 50.2 Å². The van der Waals surface area contributed by atoms with Crippen molar-refractivity contribution in [2.75, 3.05) is 0 Å². The first-order valence-corrected chi connectivity index (χ1v) is 5.08. The zero-order valence-corrected chi connectivity index (χ0v) is 8.93. The molecule has 0 unspecified atom stereocenters. The molecule has 0 aliphatic rings. The van der Waals surface area contributed by atoms with Crippen LogP contribution in [0.25, 0.3) is 11.1 Å². The molecule has 0 amide bonds. The number of carboxylic acid groups (broad SMARTS) is 1. The van der Waals surface area contributed by atoms with Gasteiger partial charge in [-0.05, 0) is 5.56 Å².